The minimum atomic E-state index is -0.667. The Kier molecular flexibility index (Phi) is 33.8. The summed E-state index contributed by atoms with van der Waals surface area (Å²) in [6.07, 6.45) is 2.84. The Morgan fingerprint density at radius 3 is 1.00 bits per heavy atom. The topological polar surface area (TPSA) is 183 Å². The van der Waals surface area contributed by atoms with E-state index in [0.717, 1.165) is 18.2 Å². The molecule has 0 aliphatic carbocycles. The summed E-state index contributed by atoms with van der Waals surface area (Å²) >= 11 is 0. The first kappa shape index (κ1) is 25.0. The summed E-state index contributed by atoms with van der Waals surface area (Å²) in [4.78, 5) is 25.0. The van der Waals surface area contributed by atoms with Crippen molar-refractivity contribution >= 4 is 18.2 Å². The van der Waals surface area contributed by atoms with Crippen LogP contribution in [0.5, 0.6) is 0 Å². The Morgan fingerprint density at radius 2 is 1.00 bits per heavy atom. The van der Waals surface area contributed by atoms with Crippen LogP contribution in [-0.2, 0) is 14.4 Å². The summed E-state index contributed by atoms with van der Waals surface area (Å²) in [5, 5.41) is 42.2. The fourth-order valence-corrected chi connectivity index (χ4v) is 0.485. The lowest BCUT2D eigenvalue weighted by atomic mass is 9.88. The second kappa shape index (κ2) is 24.3. The molecule has 104 valence electrons. The first-order valence-electron chi connectivity index (χ1n) is 4.43. The number of isocyanates is 3. The Balaban J connectivity index is -0.0000000902. The molecule has 0 aromatic carbocycles. The van der Waals surface area contributed by atoms with E-state index in [0.29, 0.717) is 6.42 Å². The van der Waals surface area contributed by atoms with Gasteiger partial charge in [0, 0.05) is 5.41 Å². The van der Waals surface area contributed by atoms with Crippen LogP contribution in [0.2, 0.25) is 0 Å². The third-order valence-electron chi connectivity index (χ3n) is 1.76. The molecule has 6 N–H and O–H groups in total. The first-order chi connectivity index (χ1) is 8.49. The van der Waals surface area contributed by atoms with Crippen LogP contribution in [0.4, 0.5) is 0 Å². The van der Waals surface area contributed by atoms with Crippen molar-refractivity contribution in [3.05, 3.63) is 0 Å². The second-order valence-electron chi connectivity index (χ2n) is 2.63. The van der Waals surface area contributed by atoms with Gasteiger partial charge in [-0.2, -0.15) is 0 Å². The molecule has 0 atom stereocenters. The smallest absolute Gasteiger partial charge is 0.231 e. The van der Waals surface area contributed by atoms with Gasteiger partial charge >= 0.3 is 0 Å². The van der Waals surface area contributed by atoms with Crippen LogP contribution in [0.3, 0.4) is 0 Å². The molecule has 0 radical (unpaired) electrons. The number of aliphatic hydroxyl groups excluding tert-OH is 3. The van der Waals surface area contributed by atoms with Crippen molar-refractivity contribution in [2.45, 2.75) is 13.3 Å². The summed E-state index contributed by atoms with van der Waals surface area (Å²) < 4.78 is 0. The lowest BCUT2D eigenvalue weighted by molar-refractivity contribution is 0.00304. The van der Waals surface area contributed by atoms with Crippen molar-refractivity contribution in [3.63, 3.8) is 0 Å². The number of nitrogens with one attached hydrogen (secondary N) is 3. The van der Waals surface area contributed by atoms with Crippen molar-refractivity contribution in [1.82, 2.24) is 0 Å². The van der Waals surface area contributed by atoms with Crippen LogP contribution in [0.25, 0.3) is 0 Å². The van der Waals surface area contributed by atoms with Crippen molar-refractivity contribution in [3.8, 4) is 0 Å². The minimum absolute atomic E-state index is 0.156. The monoisotopic (exact) mass is 263 g/mol. The molecule has 0 bridgehead atoms. The Morgan fingerprint density at radius 1 is 0.833 bits per heavy atom. The summed E-state index contributed by atoms with van der Waals surface area (Å²) in [6, 6.07) is 0. The summed E-state index contributed by atoms with van der Waals surface area (Å²) in [5.74, 6) is 0. The number of carbonyl (C=O) groups excluding carboxylic acids is 3. The summed E-state index contributed by atoms with van der Waals surface area (Å²) in [7, 11) is 0. The molecular formula is C9H17N3O6. The Bertz CT molecular complexity index is 213. The normalized spacial score (nSPS) is 7.33. The molecule has 0 aromatic rings. The number of aliphatic hydroxyl groups is 3. The van der Waals surface area contributed by atoms with Gasteiger partial charge < -0.3 is 15.3 Å². The van der Waals surface area contributed by atoms with Crippen LogP contribution in [0, 0.1) is 21.6 Å². The molecule has 9 heteroatoms. The van der Waals surface area contributed by atoms with E-state index in [2.05, 4.69) is 0 Å². The molecule has 0 aromatic heterocycles. The van der Waals surface area contributed by atoms with Gasteiger partial charge in [0.2, 0.25) is 18.2 Å². The minimum Gasteiger partial charge on any atom is -0.396 e. The number of hydrogen-bond acceptors (Lipinski definition) is 9. The van der Waals surface area contributed by atoms with Crippen molar-refractivity contribution in [2.75, 3.05) is 19.8 Å². The molecule has 18 heavy (non-hydrogen) atoms. The molecule has 0 unspecified atom stereocenters. The van der Waals surface area contributed by atoms with E-state index in [-0.39, 0.29) is 19.8 Å². The standard InChI is InChI=1S/C6H14O3.3CHNO/c1-2-6(3-7,4-8)5-9;3*2-1-3/h7-9H,2-5H2,1H3;3*2H. The molecule has 0 spiro atoms. The lowest BCUT2D eigenvalue weighted by Crippen LogP contribution is -2.32. The van der Waals surface area contributed by atoms with Crippen LogP contribution < -0.4 is 0 Å². The van der Waals surface area contributed by atoms with Gasteiger partial charge in [-0.05, 0) is 6.42 Å². The summed E-state index contributed by atoms with van der Waals surface area (Å²) in [6.45, 7) is 1.35. The third kappa shape index (κ3) is 23.7. The predicted molar refractivity (Wildman–Crippen MR) is 59.2 cm³/mol. The van der Waals surface area contributed by atoms with Gasteiger partial charge in [0.05, 0.1) is 19.8 Å². The highest BCUT2D eigenvalue weighted by Gasteiger charge is 2.24. The molecule has 0 saturated carbocycles. The zero-order chi connectivity index (χ0) is 15.4. The lowest BCUT2D eigenvalue weighted by Gasteiger charge is -2.24. The maximum atomic E-state index is 8.66. The summed E-state index contributed by atoms with van der Waals surface area (Å²) in [5.41, 5.74) is -0.667. The largest absolute Gasteiger partial charge is 0.396 e. The highest BCUT2D eigenvalue weighted by atomic mass is 16.3. The molecule has 0 aliphatic heterocycles. The number of rotatable bonds is 4. The first-order valence-corrected chi connectivity index (χ1v) is 4.43. The molecule has 0 amide bonds. The van der Waals surface area contributed by atoms with E-state index in [1.54, 1.807) is 0 Å². The third-order valence-corrected chi connectivity index (χ3v) is 1.76. The van der Waals surface area contributed by atoms with Crippen LogP contribution >= 0.6 is 0 Å². The molecule has 0 rings (SSSR count). The van der Waals surface area contributed by atoms with Crippen LogP contribution in [-0.4, -0.2) is 53.4 Å². The van der Waals surface area contributed by atoms with Gasteiger partial charge in [0.25, 0.3) is 0 Å². The van der Waals surface area contributed by atoms with Gasteiger partial charge in [-0.25, -0.2) is 30.6 Å². The van der Waals surface area contributed by atoms with E-state index in [9.17, 15) is 0 Å². The maximum absolute atomic E-state index is 8.66. The van der Waals surface area contributed by atoms with Crippen LogP contribution in [0.1, 0.15) is 13.3 Å². The molecule has 0 fully saturated rings. The molecular weight excluding hydrogens is 246 g/mol. The zero-order valence-electron chi connectivity index (χ0n) is 9.89. The van der Waals surface area contributed by atoms with Crippen molar-refractivity contribution in [2.24, 2.45) is 5.41 Å². The fourth-order valence-electron chi connectivity index (χ4n) is 0.485. The van der Waals surface area contributed by atoms with Gasteiger partial charge in [-0.1, -0.05) is 6.92 Å². The highest BCUT2D eigenvalue weighted by molar-refractivity contribution is 5.26. The molecule has 0 aliphatic rings. The maximum Gasteiger partial charge on any atom is 0.231 e. The molecule has 9 nitrogen and oxygen atoms in total. The fraction of sp³-hybridized carbons (Fsp3) is 0.667. The van der Waals surface area contributed by atoms with Gasteiger partial charge in [0.1, 0.15) is 0 Å². The van der Waals surface area contributed by atoms with E-state index < -0.39 is 5.41 Å². The highest BCUT2D eigenvalue weighted by Crippen LogP contribution is 2.18. The predicted octanol–water partition coefficient (Wildman–Crippen LogP) is -0.937. The zero-order valence-corrected chi connectivity index (χ0v) is 9.89. The Labute approximate surface area is 104 Å². The Hall–Kier alpha value is -1.98. The van der Waals surface area contributed by atoms with E-state index in [4.69, 9.17) is 45.9 Å². The molecule has 0 heterocycles. The van der Waals surface area contributed by atoms with Gasteiger partial charge in [-0.15, -0.1) is 0 Å². The van der Waals surface area contributed by atoms with Crippen LogP contribution in [0.15, 0.2) is 0 Å². The number of hydrogen-bond donors (Lipinski definition) is 6. The van der Waals surface area contributed by atoms with Gasteiger partial charge in [0.15, 0.2) is 0 Å². The average Bonchev–Trinajstić information content (AvgIpc) is 2.36. The molecule has 0 saturated heterocycles. The van der Waals surface area contributed by atoms with E-state index >= 15 is 0 Å². The average molecular weight is 263 g/mol. The van der Waals surface area contributed by atoms with E-state index in [1.807, 2.05) is 6.92 Å². The van der Waals surface area contributed by atoms with Crippen molar-refractivity contribution in [1.29, 1.82) is 16.2 Å². The van der Waals surface area contributed by atoms with E-state index in [1.165, 1.54) is 0 Å². The quantitative estimate of drug-likeness (QED) is 0.281. The second-order valence-corrected chi connectivity index (χ2v) is 2.63. The van der Waals surface area contributed by atoms with Crippen molar-refractivity contribution < 1.29 is 29.7 Å². The SMILES string of the molecule is CCC(CO)(CO)CO.N=C=O.N=C=O.N=C=O. The van der Waals surface area contributed by atoms with Gasteiger partial charge in [-0.3, -0.25) is 0 Å².